The van der Waals surface area contributed by atoms with Crippen LogP contribution in [0.1, 0.15) is 63.6 Å². The lowest BCUT2D eigenvalue weighted by molar-refractivity contribution is -0.119. The third-order valence-corrected chi connectivity index (χ3v) is 5.52. The number of nitrogens with one attached hydrogen (secondary N) is 2. The van der Waals surface area contributed by atoms with E-state index in [4.69, 9.17) is 5.84 Å². The van der Waals surface area contributed by atoms with Gasteiger partial charge in [0.2, 0.25) is 11.1 Å². The van der Waals surface area contributed by atoms with Gasteiger partial charge in [0.1, 0.15) is 0 Å². The van der Waals surface area contributed by atoms with E-state index >= 15 is 0 Å². The van der Waals surface area contributed by atoms with Gasteiger partial charge in [-0.15, -0.1) is 10.2 Å². The van der Waals surface area contributed by atoms with Gasteiger partial charge in [0, 0.05) is 12.0 Å². The molecular formula is C15H24N6O2S. The summed E-state index contributed by atoms with van der Waals surface area (Å²) in [5, 5.41) is 13.4. The molecule has 1 aromatic rings. The molecule has 0 bridgehead atoms. The van der Waals surface area contributed by atoms with E-state index in [0.29, 0.717) is 11.1 Å². The summed E-state index contributed by atoms with van der Waals surface area (Å²) in [5.74, 6) is 6.78. The molecule has 0 spiro atoms. The number of carbonyl (C=O) groups is 2. The number of nitrogen functional groups attached to an aromatic ring is 1. The lowest BCUT2D eigenvalue weighted by Crippen LogP contribution is -2.47. The number of thioether (sulfide) groups is 1. The molecule has 132 valence electrons. The predicted octanol–water partition coefficient (Wildman–Crippen LogP) is 1.51. The quantitative estimate of drug-likeness (QED) is 0.546. The number of hydrogen-bond donors (Lipinski definition) is 3. The second kappa shape index (κ2) is 7.42. The fourth-order valence-corrected chi connectivity index (χ4v) is 3.66. The van der Waals surface area contributed by atoms with Crippen LogP contribution in [0.15, 0.2) is 5.16 Å². The molecule has 0 radical (unpaired) electrons. The number of imide groups is 1. The molecule has 0 saturated heterocycles. The van der Waals surface area contributed by atoms with E-state index in [0.717, 1.165) is 44.3 Å². The molecule has 1 heterocycles. The zero-order valence-corrected chi connectivity index (χ0v) is 14.6. The second-order valence-corrected chi connectivity index (χ2v) is 7.85. The van der Waals surface area contributed by atoms with E-state index in [9.17, 15) is 9.59 Å². The third kappa shape index (κ3) is 4.19. The Labute approximate surface area is 145 Å². The van der Waals surface area contributed by atoms with E-state index in [-0.39, 0.29) is 11.9 Å². The minimum atomic E-state index is -0.486. The predicted molar refractivity (Wildman–Crippen MR) is 91.0 cm³/mol. The van der Waals surface area contributed by atoms with Crippen molar-refractivity contribution in [2.45, 2.75) is 74.2 Å². The number of nitrogens with two attached hydrogens (primary N) is 1. The summed E-state index contributed by atoms with van der Waals surface area (Å²) in [6.45, 7) is 1.72. The zero-order valence-electron chi connectivity index (χ0n) is 13.8. The molecule has 1 atom stereocenters. The van der Waals surface area contributed by atoms with Gasteiger partial charge in [-0.05, 0) is 32.6 Å². The molecule has 1 aromatic heterocycles. The number of carbonyl (C=O) groups excluding carboxylic acids is 2. The smallest absolute Gasteiger partial charge is 0.321 e. The van der Waals surface area contributed by atoms with Gasteiger partial charge in [-0.25, -0.2) is 9.47 Å². The number of amides is 3. The molecule has 3 rings (SSSR count). The Hall–Kier alpha value is -1.77. The number of nitrogens with zero attached hydrogens (tertiary/aromatic N) is 3. The Morgan fingerprint density at radius 2 is 1.92 bits per heavy atom. The maximum Gasteiger partial charge on any atom is 0.321 e. The second-order valence-electron chi connectivity index (χ2n) is 6.54. The molecule has 3 amide bonds. The van der Waals surface area contributed by atoms with Crippen molar-refractivity contribution in [1.29, 1.82) is 0 Å². The van der Waals surface area contributed by atoms with Crippen LogP contribution in [0.5, 0.6) is 0 Å². The molecule has 0 aromatic carbocycles. The molecule has 4 N–H and O–H groups in total. The van der Waals surface area contributed by atoms with Crippen molar-refractivity contribution in [2.24, 2.45) is 0 Å². The van der Waals surface area contributed by atoms with Crippen molar-refractivity contribution in [3.8, 4) is 0 Å². The summed E-state index contributed by atoms with van der Waals surface area (Å²) in [6.07, 6.45) is 7.59. The molecule has 2 aliphatic carbocycles. The molecule has 0 unspecified atom stereocenters. The number of hydrogen-bond acceptors (Lipinski definition) is 6. The van der Waals surface area contributed by atoms with E-state index in [1.54, 1.807) is 6.92 Å². The summed E-state index contributed by atoms with van der Waals surface area (Å²) in [6, 6.07) is -0.255. The minimum absolute atomic E-state index is 0.169. The first-order chi connectivity index (χ1) is 11.5. The largest absolute Gasteiger partial charge is 0.336 e. The topological polar surface area (TPSA) is 115 Å². The van der Waals surface area contributed by atoms with Crippen molar-refractivity contribution in [2.75, 3.05) is 5.84 Å². The summed E-state index contributed by atoms with van der Waals surface area (Å²) in [7, 11) is 0. The van der Waals surface area contributed by atoms with E-state index in [1.165, 1.54) is 22.9 Å². The average Bonchev–Trinajstić information content (AvgIpc) is 3.33. The van der Waals surface area contributed by atoms with Crippen molar-refractivity contribution in [1.82, 2.24) is 25.5 Å². The first-order valence-corrected chi connectivity index (χ1v) is 9.41. The van der Waals surface area contributed by atoms with Crippen LogP contribution in [-0.2, 0) is 4.79 Å². The number of urea groups is 1. The number of rotatable bonds is 5. The maximum atomic E-state index is 12.2. The van der Waals surface area contributed by atoms with Gasteiger partial charge in [0.25, 0.3) is 0 Å². The Morgan fingerprint density at radius 3 is 2.58 bits per heavy atom. The molecule has 0 aliphatic heterocycles. The van der Waals surface area contributed by atoms with Crippen LogP contribution in [0.25, 0.3) is 0 Å². The van der Waals surface area contributed by atoms with Gasteiger partial charge in [-0.3, -0.25) is 10.1 Å². The van der Waals surface area contributed by atoms with Crippen LogP contribution in [0.2, 0.25) is 0 Å². The van der Waals surface area contributed by atoms with Crippen LogP contribution >= 0.6 is 11.8 Å². The first-order valence-electron chi connectivity index (χ1n) is 8.53. The fraction of sp³-hybridized carbons (Fsp3) is 0.733. The van der Waals surface area contributed by atoms with E-state index in [1.807, 2.05) is 0 Å². The molecule has 8 nitrogen and oxygen atoms in total. The summed E-state index contributed by atoms with van der Waals surface area (Å²) in [4.78, 5) is 24.1. The van der Waals surface area contributed by atoms with Gasteiger partial charge in [-0.2, -0.15) is 0 Å². The van der Waals surface area contributed by atoms with Crippen molar-refractivity contribution >= 4 is 23.7 Å². The average molecular weight is 352 g/mol. The molecular weight excluding hydrogens is 328 g/mol. The third-order valence-electron chi connectivity index (χ3n) is 4.46. The van der Waals surface area contributed by atoms with Gasteiger partial charge in [0.05, 0.1) is 5.25 Å². The van der Waals surface area contributed by atoms with Gasteiger partial charge in [-0.1, -0.05) is 31.0 Å². The standard InChI is InChI=1S/C15H24N6O2S/c1-9(24-15-20-19-12(21(15)16)10-7-8-10)13(22)18-14(23)17-11-5-3-2-4-6-11/h9-11H,2-8,16H2,1H3,(H2,17,18,22,23)/t9-/m0/s1. The van der Waals surface area contributed by atoms with Gasteiger partial charge < -0.3 is 11.2 Å². The highest BCUT2D eigenvalue weighted by Crippen LogP contribution is 2.39. The highest BCUT2D eigenvalue weighted by Gasteiger charge is 2.31. The van der Waals surface area contributed by atoms with Crippen molar-refractivity contribution in [3.63, 3.8) is 0 Å². The van der Waals surface area contributed by atoms with E-state index < -0.39 is 11.3 Å². The summed E-state index contributed by atoms with van der Waals surface area (Å²) >= 11 is 1.20. The monoisotopic (exact) mass is 352 g/mol. The Bertz CT molecular complexity index is 609. The zero-order chi connectivity index (χ0) is 17.1. The molecule has 2 fully saturated rings. The van der Waals surface area contributed by atoms with E-state index in [2.05, 4.69) is 20.8 Å². The van der Waals surface area contributed by atoms with Gasteiger partial charge in [0.15, 0.2) is 5.82 Å². The van der Waals surface area contributed by atoms with Crippen LogP contribution in [0, 0.1) is 0 Å². The normalized spacial score (nSPS) is 19.7. The molecule has 2 saturated carbocycles. The highest BCUT2D eigenvalue weighted by atomic mass is 32.2. The fourth-order valence-electron chi connectivity index (χ4n) is 2.88. The lowest BCUT2D eigenvalue weighted by Gasteiger charge is -2.22. The minimum Gasteiger partial charge on any atom is -0.336 e. The summed E-state index contributed by atoms with van der Waals surface area (Å²) < 4.78 is 1.45. The first kappa shape index (κ1) is 17.1. The molecule has 9 heteroatoms. The molecule has 2 aliphatic rings. The van der Waals surface area contributed by atoms with Crippen LogP contribution in [0.3, 0.4) is 0 Å². The summed E-state index contributed by atoms with van der Waals surface area (Å²) in [5.41, 5.74) is 0. The van der Waals surface area contributed by atoms with Gasteiger partial charge >= 0.3 is 6.03 Å². The number of aromatic nitrogens is 3. The SMILES string of the molecule is C[C@H](Sc1nnc(C2CC2)n1N)C(=O)NC(=O)NC1CCCCC1. The maximum absolute atomic E-state index is 12.2. The lowest BCUT2D eigenvalue weighted by atomic mass is 9.96. The van der Waals surface area contributed by atoms with Crippen molar-refractivity contribution in [3.05, 3.63) is 5.82 Å². The van der Waals surface area contributed by atoms with Crippen LogP contribution in [-0.4, -0.2) is 38.1 Å². The van der Waals surface area contributed by atoms with Crippen molar-refractivity contribution < 1.29 is 9.59 Å². The highest BCUT2D eigenvalue weighted by molar-refractivity contribution is 8.00. The Morgan fingerprint density at radius 1 is 1.21 bits per heavy atom. The Kier molecular flexibility index (Phi) is 5.27. The van der Waals surface area contributed by atoms with Crippen LogP contribution < -0.4 is 16.5 Å². The Balaban J connectivity index is 1.48. The molecule has 24 heavy (non-hydrogen) atoms. The van der Waals surface area contributed by atoms with Crippen LogP contribution in [0.4, 0.5) is 4.79 Å².